The van der Waals surface area contributed by atoms with Crippen molar-refractivity contribution in [2.75, 3.05) is 6.61 Å². The monoisotopic (exact) mass is 406 g/mol. The third-order valence-electron chi connectivity index (χ3n) is 4.90. The van der Waals surface area contributed by atoms with Crippen LogP contribution in [0.1, 0.15) is 38.8 Å². The van der Waals surface area contributed by atoms with Crippen molar-refractivity contribution < 1.29 is 14.3 Å². The Labute approximate surface area is 179 Å². The molecule has 0 unspecified atom stereocenters. The molecule has 4 rings (SSSR count). The highest BCUT2D eigenvalue weighted by molar-refractivity contribution is 6.22. The SMILES string of the molecule is CCOC(=O)c1c(-c2ccccc2)nc2ccc(C#N)cc2c1C(=O)c1ccccc1. The van der Waals surface area contributed by atoms with Crippen LogP contribution in [0.15, 0.2) is 78.9 Å². The highest BCUT2D eigenvalue weighted by Crippen LogP contribution is 2.33. The van der Waals surface area contributed by atoms with E-state index in [-0.39, 0.29) is 23.5 Å². The molecule has 0 amide bonds. The first kappa shape index (κ1) is 20.0. The Bertz CT molecular complexity index is 1320. The lowest BCUT2D eigenvalue weighted by molar-refractivity contribution is 0.0524. The van der Waals surface area contributed by atoms with E-state index in [1.54, 1.807) is 49.4 Å². The number of fused-ring (bicyclic) bond motifs is 1. The summed E-state index contributed by atoms with van der Waals surface area (Å²) in [5.41, 5.74) is 2.68. The number of carbonyl (C=O) groups is 2. The van der Waals surface area contributed by atoms with E-state index in [0.717, 1.165) is 0 Å². The molecule has 5 heteroatoms. The van der Waals surface area contributed by atoms with Crippen LogP contribution >= 0.6 is 0 Å². The minimum absolute atomic E-state index is 0.101. The van der Waals surface area contributed by atoms with Crippen LogP contribution in [-0.4, -0.2) is 23.3 Å². The van der Waals surface area contributed by atoms with Crippen LogP contribution in [0, 0.1) is 11.3 Å². The fraction of sp³-hybridized carbons (Fsp3) is 0.0769. The Kier molecular flexibility index (Phi) is 5.55. The van der Waals surface area contributed by atoms with E-state index in [1.165, 1.54) is 0 Å². The average Bonchev–Trinajstić information content (AvgIpc) is 2.83. The summed E-state index contributed by atoms with van der Waals surface area (Å²) < 4.78 is 5.33. The van der Waals surface area contributed by atoms with Crippen molar-refractivity contribution in [2.45, 2.75) is 6.92 Å². The number of carbonyl (C=O) groups excluding carboxylic acids is 2. The molecule has 0 saturated carbocycles. The minimum Gasteiger partial charge on any atom is -0.462 e. The first-order chi connectivity index (χ1) is 15.1. The average molecular weight is 406 g/mol. The van der Waals surface area contributed by atoms with Gasteiger partial charge in [-0.3, -0.25) is 4.79 Å². The molecule has 31 heavy (non-hydrogen) atoms. The van der Waals surface area contributed by atoms with Gasteiger partial charge in [-0.05, 0) is 25.1 Å². The number of pyridine rings is 1. The van der Waals surface area contributed by atoms with Crippen LogP contribution in [-0.2, 0) is 4.74 Å². The predicted octanol–water partition coefficient (Wildman–Crippen LogP) is 5.18. The Morgan fingerprint density at radius 3 is 2.26 bits per heavy atom. The van der Waals surface area contributed by atoms with Crippen molar-refractivity contribution in [1.29, 1.82) is 5.26 Å². The molecule has 0 saturated heterocycles. The molecule has 4 aromatic rings. The molecule has 0 spiro atoms. The largest absolute Gasteiger partial charge is 0.462 e. The molecule has 0 aliphatic heterocycles. The minimum atomic E-state index is -0.627. The van der Waals surface area contributed by atoms with Crippen molar-refractivity contribution in [3.05, 3.63) is 101 Å². The summed E-state index contributed by atoms with van der Waals surface area (Å²) in [5, 5.41) is 9.83. The van der Waals surface area contributed by atoms with Gasteiger partial charge in [0.1, 0.15) is 0 Å². The van der Waals surface area contributed by atoms with E-state index in [1.807, 2.05) is 36.4 Å². The zero-order valence-corrected chi connectivity index (χ0v) is 16.8. The van der Waals surface area contributed by atoms with E-state index >= 15 is 0 Å². The standard InChI is InChI=1S/C26H18N2O3/c1-2-31-26(30)23-22(25(29)19-11-7-4-8-12-19)20-15-17(16-27)13-14-21(20)28-24(23)18-9-5-3-6-10-18/h3-15H,2H2,1H3. The zero-order chi connectivity index (χ0) is 21.8. The topological polar surface area (TPSA) is 80.0 Å². The number of nitrogens with zero attached hydrogens (tertiary/aromatic N) is 2. The zero-order valence-electron chi connectivity index (χ0n) is 16.8. The number of esters is 1. The molecule has 150 valence electrons. The number of rotatable bonds is 5. The van der Waals surface area contributed by atoms with Crippen molar-refractivity contribution in [3.8, 4) is 17.3 Å². The molecule has 0 aliphatic carbocycles. The van der Waals surface area contributed by atoms with Gasteiger partial charge >= 0.3 is 5.97 Å². The molecule has 0 radical (unpaired) electrons. The van der Waals surface area contributed by atoms with Crippen LogP contribution in [0.2, 0.25) is 0 Å². The summed E-state index contributed by atoms with van der Waals surface area (Å²) in [6, 6.07) is 25.0. The van der Waals surface area contributed by atoms with Gasteiger partial charge in [-0.15, -0.1) is 0 Å². The van der Waals surface area contributed by atoms with E-state index in [0.29, 0.717) is 33.3 Å². The summed E-state index contributed by atoms with van der Waals surface area (Å²) >= 11 is 0. The molecule has 0 aliphatic rings. The molecule has 0 bridgehead atoms. The molecule has 1 heterocycles. The second kappa shape index (κ2) is 8.60. The van der Waals surface area contributed by atoms with Gasteiger partial charge < -0.3 is 4.74 Å². The van der Waals surface area contributed by atoms with Crippen molar-refractivity contribution >= 4 is 22.7 Å². The maximum atomic E-state index is 13.7. The third-order valence-corrected chi connectivity index (χ3v) is 4.90. The normalized spacial score (nSPS) is 10.5. The number of hydrogen-bond acceptors (Lipinski definition) is 5. The highest BCUT2D eigenvalue weighted by Gasteiger charge is 2.28. The lowest BCUT2D eigenvalue weighted by Crippen LogP contribution is -2.16. The number of ketones is 1. The fourth-order valence-corrected chi connectivity index (χ4v) is 3.51. The molecular weight excluding hydrogens is 388 g/mol. The van der Waals surface area contributed by atoms with Gasteiger partial charge in [-0.2, -0.15) is 5.26 Å². The summed E-state index contributed by atoms with van der Waals surface area (Å²) in [6.07, 6.45) is 0. The van der Waals surface area contributed by atoms with Crippen LogP contribution in [0.4, 0.5) is 0 Å². The van der Waals surface area contributed by atoms with E-state index < -0.39 is 5.97 Å². The maximum Gasteiger partial charge on any atom is 0.341 e. The Morgan fingerprint density at radius 2 is 1.61 bits per heavy atom. The van der Waals surface area contributed by atoms with Gasteiger partial charge in [0.15, 0.2) is 5.78 Å². The number of hydrogen-bond donors (Lipinski definition) is 0. The summed E-state index contributed by atoms with van der Waals surface area (Å²) in [4.78, 5) is 31.5. The second-order valence-electron chi connectivity index (χ2n) is 6.84. The summed E-state index contributed by atoms with van der Waals surface area (Å²) in [7, 11) is 0. The molecular formula is C26H18N2O3. The molecule has 5 nitrogen and oxygen atoms in total. The lowest BCUT2D eigenvalue weighted by Gasteiger charge is -2.16. The van der Waals surface area contributed by atoms with Crippen LogP contribution in [0.5, 0.6) is 0 Å². The van der Waals surface area contributed by atoms with Gasteiger partial charge in [-0.1, -0.05) is 60.7 Å². The van der Waals surface area contributed by atoms with Crippen LogP contribution in [0.25, 0.3) is 22.2 Å². The first-order valence-electron chi connectivity index (χ1n) is 9.84. The molecule has 0 fully saturated rings. The third kappa shape index (κ3) is 3.79. The Hall–Kier alpha value is -4.30. The molecule has 3 aromatic carbocycles. The van der Waals surface area contributed by atoms with E-state index in [9.17, 15) is 14.9 Å². The molecule has 0 N–H and O–H groups in total. The molecule has 1 aromatic heterocycles. The smallest absolute Gasteiger partial charge is 0.341 e. The van der Waals surface area contributed by atoms with Gasteiger partial charge in [0, 0.05) is 22.1 Å². The lowest BCUT2D eigenvalue weighted by atomic mass is 9.91. The van der Waals surface area contributed by atoms with Gasteiger partial charge in [-0.25, -0.2) is 9.78 Å². The maximum absolute atomic E-state index is 13.7. The number of ether oxygens (including phenoxy) is 1. The fourth-order valence-electron chi connectivity index (χ4n) is 3.51. The predicted molar refractivity (Wildman–Crippen MR) is 118 cm³/mol. The highest BCUT2D eigenvalue weighted by atomic mass is 16.5. The van der Waals surface area contributed by atoms with Gasteiger partial charge in [0.2, 0.25) is 0 Å². The Morgan fingerprint density at radius 1 is 0.935 bits per heavy atom. The van der Waals surface area contributed by atoms with Crippen molar-refractivity contribution in [2.24, 2.45) is 0 Å². The van der Waals surface area contributed by atoms with Gasteiger partial charge in [0.25, 0.3) is 0 Å². The van der Waals surface area contributed by atoms with E-state index in [4.69, 9.17) is 9.72 Å². The second-order valence-corrected chi connectivity index (χ2v) is 6.84. The number of nitriles is 1. The number of aromatic nitrogens is 1. The first-order valence-corrected chi connectivity index (χ1v) is 9.84. The quantitative estimate of drug-likeness (QED) is 0.337. The molecule has 0 atom stereocenters. The van der Waals surface area contributed by atoms with Crippen molar-refractivity contribution in [1.82, 2.24) is 4.98 Å². The van der Waals surface area contributed by atoms with E-state index in [2.05, 4.69) is 6.07 Å². The summed E-state index contributed by atoms with van der Waals surface area (Å²) in [5.74, 6) is -0.958. The Balaban J connectivity index is 2.14. The number of benzene rings is 3. The van der Waals surface area contributed by atoms with Crippen LogP contribution in [0.3, 0.4) is 0 Å². The van der Waals surface area contributed by atoms with Crippen LogP contribution < -0.4 is 0 Å². The van der Waals surface area contributed by atoms with Crippen molar-refractivity contribution in [3.63, 3.8) is 0 Å². The van der Waals surface area contributed by atoms with Gasteiger partial charge in [0.05, 0.1) is 35.0 Å². The summed E-state index contributed by atoms with van der Waals surface area (Å²) in [6.45, 7) is 1.86.